The summed E-state index contributed by atoms with van der Waals surface area (Å²) in [6.07, 6.45) is 0.672. The van der Waals surface area contributed by atoms with Crippen molar-refractivity contribution in [2.24, 2.45) is 0 Å². The van der Waals surface area contributed by atoms with Crippen LogP contribution in [0.4, 0.5) is 10.6 Å². The number of nitrogens with one attached hydrogen (secondary N) is 1. The van der Waals surface area contributed by atoms with Gasteiger partial charge < -0.3 is 15.0 Å². The van der Waals surface area contributed by atoms with Crippen LogP contribution >= 0.6 is 11.3 Å². The quantitative estimate of drug-likeness (QED) is 0.936. The molecule has 0 saturated carbocycles. The lowest BCUT2D eigenvalue weighted by Crippen LogP contribution is -2.40. The minimum absolute atomic E-state index is 0.224. The highest BCUT2D eigenvalue weighted by Crippen LogP contribution is 2.25. The molecule has 0 atom stereocenters. The van der Waals surface area contributed by atoms with Crippen molar-refractivity contribution in [1.29, 1.82) is 0 Å². The third kappa shape index (κ3) is 2.67. The predicted molar refractivity (Wildman–Crippen MR) is 78.2 cm³/mol. The molecule has 2 aromatic heterocycles. The van der Waals surface area contributed by atoms with Gasteiger partial charge in [0.15, 0.2) is 0 Å². The van der Waals surface area contributed by atoms with E-state index in [0.29, 0.717) is 19.7 Å². The Hall–Kier alpha value is -1.89. The van der Waals surface area contributed by atoms with E-state index in [0.717, 1.165) is 34.8 Å². The van der Waals surface area contributed by atoms with E-state index in [1.165, 1.54) is 0 Å². The number of carbonyl (C=O) groups excluding carboxylic acids is 1. The molecule has 1 amide bonds. The molecule has 20 heavy (non-hydrogen) atoms. The molecule has 3 heterocycles. The van der Waals surface area contributed by atoms with Gasteiger partial charge in [-0.2, -0.15) is 0 Å². The molecular weight excluding hydrogens is 276 g/mol. The highest BCUT2D eigenvalue weighted by Gasteiger charge is 2.18. The molecule has 0 bridgehead atoms. The fraction of sp³-hybridized carbons (Fsp3) is 0.462. The summed E-state index contributed by atoms with van der Waals surface area (Å²) in [5, 5.41) is 5.30. The Morgan fingerprint density at radius 3 is 3.25 bits per heavy atom. The number of hydrogen-bond donors (Lipinski definition) is 1. The Kier molecular flexibility index (Phi) is 3.68. The molecule has 106 valence electrons. The highest BCUT2D eigenvalue weighted by molar-refractivity contribution is 7.17. The lowest BCUT2D eigenvalue weighted by atomic mass is 10.3. The second-order valence-electron chi connectivity index (χ2n) is 4.64. The summed E-state index contributed by atoms with van der Waals surface area (Å²) >= 11 is 1.62. The van der Waals surface area contributed by atoms with Crippen LogP contribution < -0.4 is 5.32 Å². The number of cyclic esters (lactones) is 1. The van der Waals surface area contributed by atoms with Gasteiger partial charge in [-0.3, -0.25) is 0 Å². The van der Waals surface area contributed by atoms with Gasteiger partial charge in [-0.15, -0.1) is 11.3 Å². The summed E-state index contributed by atoms with van der Waals surface area (Å²) in [6, 6.07) is 1.99. The Labute approximate surface area is 120 Å². The van der Waals surface area contributed by atoms with Gasteiger partial charge in [0.1, 0.15) is 11.6 Å². The summed E-state index contributed by atoms with van der Waals surface area (Å²) in [5.41, 5.74) is 0.961. The molecule has 7 heteroatoms. The third-order valence-electron chi connectivity index (χ3n) is 3.15. The Morgan fingerprint density at radius 1 is 1.50 bits per heavy atom. The first-order valence-electron chi connectivity index (χ1n) is 6.61. The molecule has 1 saturated heterocycles. The number of anilines is 1. The van der Waals surface area contributed by atoms with Crippen molar-refractivity contribution in [1.82, 2.24) is 14.9 Å². The Balaban J connectivity index is 1.65. The van der Waals surface area contributed by atoms with Crippen LogP contribution in [0.5, 0.6) is 0 Å². The molecule has 0 aliphatic carbocycles. The van der Waals surface area contributed by atoms with Crippen LogP contribution in [-0.4, -0.2) is 47.2 Å². The summed E-state index contributed by atoms with van der Waals surface area (Å²) in [6.45, 7) is 4.44. The Bertz CT molecular complexity index is 628. The van der Waals surface area contributed by atoms with Crippen LogP contribution in [0.25, 0.3) is 10.2 Å². The zero-order valence-corrected chi connectivity index (χ0v) is 12.1. The van der Waals surface area contributed by atoms with Gasteiger partial charge in [0, 0.05) is 19.6 Å². The summed E-state index contributed by atoms with van der Waals surface area (Å²) in [5.74, 6) is 1.59. The average Bonchev–Trinajstić information content (AvgIpc) is 2.89. The topological polar surface area (TPSA) is 67.3 Å². The molecule has 1 fully saturated rings. The van der Waals surface area contributed by atoms with Gasteiger partial charge in [0.05, 0.1) is 16.8 Å². The number of rotatable bonds is 4. The van der Waals surface area contributed by atoms with Gasteiger partial charge >= 0.3 is 6.09 Å². The van der Waals surface area contributed by atoms with Crippen LogP contribution in [0, 0.1) is 6.92 Å². The van der Waals surface area contributed by atoms with Crippen molar-refractivity contribution in [3.05, 3.63) is 17.3 Å². The normalized spacial score (nSPS) is 15.4. The minimum atomic E-state index is -0.224. The predicted octanol–water partition coefficient (Wildman–Crippen LogP) is 2.25. The van der Waals surface area contributed by atoms with Crippen molar-refractivity contribution in [2.45, 2.75) is 13.3 Å². The smallest absolute Gasteiger partial charge is 0.409 e. The molecule has 1 aliphatic rings. The molecule has 1 aliphatic heterocycles. The number of carbonyl (C=O) groups is 1. The molecule has 3 rings (SSSR count). The lowest BCUT2D eigenvalue weighted by molar-refractivity contribution is 0.0746. The van der Waals surface area contributed by atoms with Crippen molar-refractivity contribution in [3.63, 3.8) is 0 Å². The molecule has 2 aromatic rings. The zero-order valence-electron chi connectivity index (χ0n) is 11.3. The first-order chi connectivity index (χ1) is 9.74. The molecule has 0 aromatic carbocycles. The van der Waals surface area contributed by atoms with Crippen LogP contribution in [0.15, 0.2) is 11.4 Å². The van der Waals surface area contributed by atoms with E-state index in [1.807, 2.05) is 18.4 Å². The van der Waals surface area contributed by atoms with Crippen molar-refractivity contribution in [3.8, 4) is 0 Å². The number of nitrogens with zero attached hydrogens (tertiary/aromatic N) is 3. The van der Waals surface area contributed by atoms with Gasteiger partial charge in [-0.05, 0) is 24.8 Å². The molecule has 0 spiro atoms. The van der Waals surface area contributed by atoms with E-state index in [-0.39, 0.29) is 6.09 Å². The summed E-state index contributed by atoms with van der Waals surface area (Å²) in [4.78, 5) is 22.0. The maximum Gasteiger partial charge on any atom is 0.409 e. The fourth-order valence-electron chi connectivity index (χ4n) is 2.21. The highest BCUT2D eigenvalue weighted by atomic mass is 32.1. The SMILES string of the molecule is Cc1nc(NCCN2CCCOC2=O)c2sccc2n1. The molecule has 1 N–H and O–H groups in total. The zero-order chi connectivity index (χ0) is 13.9. The summed E-state index contributed by atoms with van der Waals surface area (Å²) < 4.78 is 6.06. The number of aromatic nitrogens is 2. The monoisotopic (exact) mass is 292 g/mol. The van der Waals surface area contributed by atoms with Crippen LogP contribution in [0.2, 0.25) is 0 Å². The van der Waals surface area contributed by atoms with E-state index < -0.39 is 0 Å². The van der Waals surface area contributed by atoms with Gasteiger partial charge in [0.25, 0.3) is 0 Å². The van der Waals surface area contributed by atoms with Crippen molar-refractivity contribution >= 4 is 33.5 Å². The third-order valence-corrected chi connectivity index (χ3v) is 4.06. The molecule has 0 unspecified atom stereocenters. The standard InChI is InChI=1S/C13H16N4O2S/c1-9-15-10-3-8-20-11(10)12(16-9)14-4-6-17-5-2-7-19-13(17)18/h3,8H,2,4-7H2,1H3,(H,14,15,16). The van der Waals surface area contributed by atoms with Gasteiger partial charge in [-0.25, -0.2) is 14.8 Å². The first-order valence-corrected chi connectivity index (χ1v) is 7.49. The summed E-state index contributed by atoms with van der Waals surface area (Å²) in [7, 11) is 0. The van der Waals surface area contributed by atoms with Crippen LogP contribution in [0.3, 0.4) is 0 Å². The number of hydrogen-bond acceptors (Lipinski definition) is 6. The van der Waals surface area contributed by atoms with Crippen molar-refractivity contribution < 1.29 is 9.53 Å². The minimum Gasteiger partial charge on any atom is -0.449 e. The van der Waals surface area contributed by atoms with Gasteiger partial charge in [0.2, 0.25) is 0 Å². The van der Waals surface area contributed by atoms with Gasteiger partial charge in [-0.1, -0.05) is 0 Å². The Morgan fingerprint density at radius 2 is 2.40 bits per heavy atom. The van der Waals surface area contributed by atoms with E-state index in [4.69, 9.17) is 4.74 Å². The van der Waals surface area contributed by atoms with E-state index in [9.17, 15) is 4.79 Å². The van der Waals surface area contributed by atoms with E-state index >= 15 is 0 Å². The molecule has 6 nitrogen and oxygen atoms in total. The number of thiophene rings is 1. The maximum absolute atomic E-state index is 11.5. The first kappa shape index (κ1) is 13.1. The van der Waals surface area contributed by atoms with Crippen LogP contribution in [0.1, 0.15) is 12.2 Å². The number of amides is 1. The molecular formula is C13H16N4O2S. The number of ether oxygens (including phenoxy) is 1. The number of aryl methyl sites for hydroxylation is 1. The average molecular weight is 292 g/mol. The number of fused-ring (bicyclic) bond motifs is 1. The fourth-order valence-corrected chi connectivity index (χ4v) is 3.01. The van der Waals surface area contributed by atoms with Crippen LogP contribution in [-0.2, 0) is 4.74 Å². The largest absolute Gasteiger partial charge is 0.449 e. The van der Waals surface area contributed by atoms with Crippen molar-refractivity contribution in [2.75, 3.05) is 31.6 Å². The van der Waals surface area contributed by atoms with E-state index in [1.54, 1.807) is 16.2 Å². The van der Waals surface area contributed by atoms with E-state index in [2.05, 4.69) is 15.3 Å². The second kappa shape index (κ2) is 5.62. The second-order valence-corrected chi connectivity index (χ2v) is 5.55. The molecule has 0 radical (unpaired) electrons. The maximum atomic E-state index is 11.5. The lowest BCUT2D eigenvalue weighted by Gasteiger charge is -2.26.